The van der Waals surface area contributed by atoms with Gasteiger partial charge >= 0.3 is 0 Å². The van der Waals surface area contributed by atoms with Crippen LogP contribution in [-0.2, 0) is 0 Å². The van der Waals surface area contributed by atoms with Crippen molar-refractivity contribution in [2.75, 3.05) is 18.0 Å². The van der Waals surface area contributed by atoms with Crippen molar-refractivity contribution in [3.8, 4) is 0 Å². The van der Waals surface area contributed by atoms with Crippen LogP contribution in [0.5, 0.6) is 0 Å². The van der Waals surface area contributed by atoms with Crippen LogP contribution >= 0.6 is 0 Å². The van der Waals surface area contributed by atoms with Crippen molar-refractivity contribution in [1.29, 1.82) is 0 Å². The molecule has 0 spiro atoms. The summed E-state index contributed by atoms with van der Waals surface area (Å²) in [5.74, 6) is 2.87. The molecule has 3 atom stereocenters. The van der Waals surface area contributed by atoms with Crippen LogP contribution in [-0.4, -0.2) is 23.2 Å². The summed E-state index contributed by atoms with van der Waals surface area (Å²) in [5.41, 5.74) is 0.896. The van der Waals surface area contributed by atoms with Crippen molar-refractivity contribution in [2.24, 2.45) is 11.8 Å². The van der Waals surface area contributed by atoms with Gasteiger partial charge < -0.3 is 10.0 Å². The number of hydrogen-bond donors (Lipinski definition) is 1. The van der Waals surface area contributed by atoms with E-state index in [1.165, 1.54) is 32.4 Å². The Bertz CT molecular complexity index is 376. The minimum absolute atomic E-state index is 0.422. The van der Waals surface area contributed by atoms with Gasteiger partial charge in [-0.2, -0.15) is 0 Å². The van der Waals surface area contributed by atoms with E-state index in [9.17, 15) is 5.11 Å². The third kappa shape index (κ3) is 2.04. The molecule has 1 saturated carbocycles. The zero-order valence-corrected chi connectivity index (χ0v) is 10.3. The number of aliphatic hydroxyl groups is 1. The molecule has 2 aliphatic rings. The number of anilines is 1. The molecule has 3 rings (SSSR count). The zero-order valence-electron chi connectivity index (χ0n) is 10.3. The predicted octanol–water partition coefficient (Wildman–Crippen LogP) is 2.37. The lowest BCUT2D eigenvalue weighted by Crippen LogP contribution is -2.21. The molecule has 1 aliphatic carbocycles. The van der Waals surface area contributed by atoms with Crippen LogP contribution in [0.1, 0.15) is 37.9 Å². The van der Waals surface area contributed by atoms with Gasteiger partial charge in [0, 0.05) is 19.3 Å². The number of aliphatic hydroxyl groups excluding tert-OH is 1. The molecule has 17 heavy (non-hydrogen) atoms. The summed E-state index contributed by atoms with van der Waals surface area (Å²) >= 11 is 0. The van der Waals surface area contributed by atoms with E-state index >= 15 is 0 Å². The Labute approximate surface area is 102 Å². The Morgan fingerprint density at radius 2 is 2.00 bits per heavy atom. The van der Waals surface area contributed by atoms with Crippen LogP contribution in [0.4, 0.5) is 5.82 Å². The molecule has 0 amide bonds. The first kappa shape index (κ1) is 11.0. The number of hydrogen-bond acceptors (Lipinski definition) is 3. The van der Waals surface area contributed by atoms with E-state index in [2.05, 4.69) is 9.88 Å². The highest BCUT2D eigenvalue weighted by atomic mass is 16.3. The van der Waals surface area contributed by atoms with Crippen molar-refractivity contribution in [1.82, 2.24) is 4.98 Å². The average Bonchev–Trinajstić information content (AvgIpc) is 2.89. The summed E-state index contributed by atoms with van der Waals surface area (Å²) in [4.78, 5) is 6.88. The molecule has 1 aromatic rings. The largest absolute Gasteiger partial charge is 0.389 e. The fourth-order valence-electron chi connectivity index (χ4n) is 3.25. The van der Waals surface area contributed by atoms with Gasteiger partial charge in [0.15, 0.2) is 0 Å². The van der Waals surface area contributed by atoms with Crippen molar-refractivity contribution in [3.05, 3.63) is 23.9 Å². The lowest BCUT2D eigenvalue weighted by molar-refractivity contribution is 0.199. The lowest BCUT2D eigenvalue weighted by atomic mass is 10.0. The normalized spacial score (nSPS) is 29.4. The summed E-state index contributed by atoms with van der Waals surface area (Å²) in [6.45, 7) is 4.12. The lowest BCUT2D eigenvalue weighted by Gasteiger charge is -2.18. The first-order valence-corrected chi connectivity index (χ1v) is 6.63. The standard InChI is InChI=1S/C14H20N2O/c1-10(17)11-5-6-14(15-7-11)16-8-12-3-2-4-13(12)9-16/h5-7,10,12-13,17H,2-4,8-9H2,1H3/t10-,12?,13?/m1/s1. The quantitative estimate of drug-likeness (QED) is 0.850. The molecule has 0 aromatic carbocycles. The van der Waals surface area contributed by atoms with Gasteiger partial charge in [-0.25, -0.2) is 4.98 Å². The molecular formula is C14H20N2O. The molecule has 2 fully saturated rings. The second-order valence-corrected chi connectivity index (χ2v) is 5.48. The summed E-state index contributed by atoms with van der Waals surface area (Å²) < 4.78 is 0. The van der Waals surface area contributed by atoms with Crippen LogP contribution in [0.2, 0.25) is 0 Å². The Kier molecular flexibility index (Phi) is 2.79. The molecule has 1 aromatic heterocycles. The molecule has 0 bridgehead atoms. The minimum atomic E-state index is -0.422. The van der Waals surface area contributed by atoms with Gasteiger partial charge in [0.05, 0.1) is 6.10 Å². The maximum Gasteiger partial charge on any atom is 0.128 e. The number of aromatic nitrogens is 1. The minimum Gasteiger partial charge on any atom is -0.389 e. The summed E-state index contributed by atoms with van der Waals surface area (Å²) in [6, 6.07) is 4.03. The van der Waals surface area contributed by atoms with Gasteiger partial charge in [-0.1, -0.05) is 12.5 Å². The molecule has 3 nitrogen and oxygen atoms in total. The second-order valence-electron chi connectivity index (χ2n) is 5.48. The molecule has 0 radical (unpaired) electrons. The average molecular weight is 232 g/mol. The zero-order chi connectivity index (χ0) is 11.8. The van der Waals surface area contributed by atoms with E-state index in [-0.39, 0.29) is 0 Å². The molecular weight excluding hydrogens is 212 g/mol. The topological polar surface area (TPSA) is 36.4 Å². The van der Waals surface area contributed by atoms with E-state index in [0.29, 0.717) is 0 Å². The molecule has 1 aliphatic heterocycles. The van der Waals surface area contributed by atoms with Crippen LogP contribution in [0.15, 0.2) is 18.3 Å². The maximum atomic E-state index is 9.46. The molecule has 1 N–H and O–H groups in total. The van der Waals surface area contributed by atoms with Gasteiger partial charge in [0.2, 0.25) is 0 Å². The van der Waals surface area contributed by atoms with E-state index in [0.717, 1.165) is 23.2 Å². The number of fused-ring (bicyclic) bond motifs is 1. The summed E-state index contributed by atoms with van der Waals surface area (Å²) in [5, 5.41) is 9.46. The van der Waals surface area contributed by atoms with Gasteiger partial charge in [-0.05, 0) is 43.2 Å². The van der Waals surface area contributed by atoms with Gasteiger partial charge in [0.25, 0.3) is 0 Å². The van der Waals surface area contributed by atoms with E-state index in [4.69, 9.17) is 0 Å². The second kappa shape index (κ2) is 4.30. The fourth-order valence-corrected chi connectivity index (χ4v) is 3.25. The molecule has 1 saturated heterocycles. The third-order valence-corrected chi connectivity index (χ3v) is 4.30. The van der Waals surface area contributed by atoms with E-state index in [1.807, 2.05) is 12.1 Å². The summed E-state index contributed by atoms with van der Waals surface area (Å²) in [7, 11) is 0. The number of pyridine rings is 1. The van der Waals surface area contributed by atoms with Crippen molar-refractivity contribution in [3.63, 3.8) is 0 Å². The van der Waals surface area contributed by atoms with Gasteiger partial charge in [-0.15, -0.1) is 0 Å². The first-order chi connectivity index (χ1) is 8.24. The van der Waals surface area contributed by atoms with Gasteiger partial charge in [-0.3, -0.25) is 0 Å². The Morgan fingerprint density at radius 1 is 1.29 bits per heavy atom. The highest BCUT2D eigenvalue weighted by Gasteiger charge is 2.36. The summed E-state index contributed by atoms with van der Waals surface area (Å²) in [6.07, 6.45) is 5.58. The molecule has 2 unspecified atom stereocenters. The van der Waals surface area contributed by atoms with E-state index in [1.54, 1.807) is 13.1 Å². The van der Waals surface area contributed by atoms with Crippen molar-refractivity contribution < 1.29 is 5.11 Å². The van der Waals surface area contributed by atoms with Crippen molar-refractivity contribution in [2.45, 2.75) is 32.3 Å². The van der Waals surface area contributed by atoms with Gasteiger partial charge in [0.1, 0.15) is 5.82 Å². The predicted molar refractivity (Wildman–Crippen MR) is 67.9 cm³/mol. The highest BCUT2D eigenvalue weighted by molar-refractivity contribution is 5.41. The third-order valence-electron chi connectivity index (χ3n) is 4.30. The van der Waals surface area contributed by atoms with E-state index < -0.39 is 6.10 Å². The monoisotopic (exact) mass is 232 g/mol. The maximum absolute atomic E-state index is 9.46. The Hall–Kier alpha value is -1.09. The SMILES string of the molecule is C[C@@H](O)c1ccc(N2CC3CCCC3C2)nc1. The fraction of sp³-hybridized carbons (Fsp3) is 0.643. The first-order valence-electron chi connectivity index (χ1n) is 6.63. The molecule has 3 heteroatoms. The molecule has 2 heterocycles. The molecule has 92 valence electrons. The van der Waals surface area contributed by atoms with Crippen LogP contribution < -0.4 is 4.90 Å². The van der Waals surface area contributed by atoms with Crippen LogP contribution in [0, 0.1) is 11.8 Å². The van der Waals surface area contributed by atoms with Crippen LogP contribution in [0.25, 0.3) is 0 Å². The van der Waals surface area contributed by atoms with Crippen LogP contribution in [0.3, 0.4) is 0 Å². The smallest absolute Gasteiger partial charge is 0.128 e. The number of rotatable bonds is 2. The van der Waals surface area contributed by atoms with Crippen molar-refractivity contribution >= 4 is 5.82 Å². The number of nitrogens with zero attached hydrogens (tertiary/aromatic N) is 2. The highest BCUT2D eigenvalue weighted by Crippen LogP contribution is 2.39. The Balaban J connectivity index is 1.73. The Morgan fingerprint density at radius 3 is 2.53 bits per heavy atom.